The molecule has 1 N–H and O–H groups in total. The second kappa shape index (κ2) is 9.87. The van der Waals surface area contributed by atoms with Gasteiger partial charge in [-0.2, -0.15) is 15.5 Å². The number of nitriles is 1. The van der Waals surface area contributed by atoms with Crippen LogP contribution >= 0.6 is 0 Å². The summed E-state index contributed by atoms with van der Waals surface area (Å²) < 4.78 is 8.62. The number of piperidine rings is 2. The molecule has 0 radical (unpaired) electrons. The molecule has 0 aromatic carbocycles. The Morgan fingerprint density at radius 2 is 1.84 bits per heavy atom. The molecular formula is C32H30N10O2. The van der Waals surface area contributed by atoms with Crippen molar-refractivity contribution >= 4 is 17.2 Å². The molecule has 2 aliphatic heterocycles. The quantitative estimate of drug-likeness (QED) is 0.315. The molecule has 5 aromatic rings. The molecule has 2 aliphatic carbocycles. The Balaban J connectivity index is 1.07. The molecule has 220 valence electrons. The standard InChI is InChI=1S/C32H30N10O2/c1-40-17-23(14-37-40)21-7-26(30-22(11-33)13-38-41(30)18-21)27-15-35-28(16-34-27)42-24-5-19-6-25(42)10-32(8-19,9-24)39-31(43)20-3-4-29(44-2)36-12-20/h3-4,7,12-19,24-25H,5-6,8-10H2,1-2H3,(H,39,43)/t19-,24-,25+,32-. The minimum absolute atomic E-state index is 0.0887. The number of hydrogen-bond acceptors (Lipinski definition) is 9. The maximum atomic E-state index is 13.2. The van der Waals surface area contributed by atoms with Gasteiger partial charge in [0.2, 0.25) is 5.88 Å². The molecule has 0 spiro atoms. The van der Waals surface area contributed by atoms with E-state index in [1.807, 2.05) is 31.7 Å². The van der Waals surface area contributed by atoms with Crippen LogP contribution in [0.4, 0.5) is 5.82 Å². The molecular weight excluding hydrogens is 556 g/mol. The number of aryl methyl sites for hydroxylation is 1. The molecule has 4 atom stereocenters. The van der Waals surface area contributed by atoms with Gasteiger partial charge in [-0.1, -0.05) is 0 Å². The van der Waals surface area contributed by atoms with Crippen molar-refractivity contribution in [2.24, 2.45) is 13.0 Å². The SMILES string of the molecule is COc1ccc(C(=O)N[C@]23C[C@@H]4C[C@H](C2)N(c2cnc(-c5cc(-c6cnn(C)c6)cn6ncc(C#N)c56)cn2)[C@@H](C4)C3)cn1. The number of carbonyl (C=O) groups excluding carboxylic acids is 1. The van der Waals surface area contributed by atoms with Gasteiger partial charge in [-0.3, -0.25) is 14.5 Å². The second-order valence-corrected chi connectivity index (χ2v) is 12.3. The van der Waals surface area contributed by atoms with Gasteiger partial charge < -0.3 is 15.0 Å². The summed E-state index contributed by atoms with van der Waals surface area (Å²) in [4.78, 5) is 29.7. The van der Waals surface area contributed by atoms with Gasteiger partial charge in [0.05, 0.1) is 54.2 Å². The van der Waals surface area contributed by atoms with E-state index < -0.39 is 0 Å². The van der Waals surface area contributed by atoms with Crippen LogP contribution in [0.1, 0.15) is 48.0 Å². The third kappa shape index (κ3) is 4.26. The van der Waals surface area contributed by atoms with Gasteiger partial charge in [-0.15, -0.1) is 0 Å². The van der Waals surface area contributed by atoms with Gasteiger partial charge in [-0.25, -0.2) is 14.5 Å². The third-order valence-electron chi connectivity index (χ3n) is 9.47. The molecule has 0 unspecified atom stereocenters. The number of rotatable bonds is 6. The van der Waals surface area contributed by atoms with E-state index in [-0.39, 0.29) is 23.5 Å². The maximum absolute atomic E-state index is 13.2. The summed E-state index contributed by atoms with van der Waals surface area (Å²) in [6.07, 6.45) is 17.3. The average Bonchev–Trinajstić information content (AvgIpc) is 3.66. The molecule has 2 saturated carbocycles. The van der Waals surface area contributed by atoms with Crippen molar-refractivity contribution < 1.29 is 9.53 Å². The van der Waals surface area contributed by atoms with Crippen molar-refractivity contribution in [2.45, 2.75) is 49.7 Å². The lowest BCUT2D eigenvalue weighted by atomic mass is 9.59. The second-order valence-electron chi connectivity index (χ2n) is 12.3. The minimum Gasteiger partial charge on any atom is -0.481 e. The van der Waals surface area contributed by atoms with Crippen LogP contribution in [0.5, 0.6) is 5.88 Å². The number of amides is 1. The summed E-state index contributed by atoms with van der Waals surface area (Å²) in [6, 6.07) is 8.30. The fraction of sp³-hybridized carbons (Fsp3) is 0.344. The Morgan fingerprint density at radius 3 is 2.50 bits per heavy atom. The van der Waals surface area contributed by atoms with Gasteiger partial charge in [0.15, 0.2) is 0 Å². The van der Waals surface area contributed by atoms with Gasteiger partial charge in [0, 0.05) is 66.0 Å². The number of hydrogen-bond donors (Lipinski definition) is 1. The monoisotopic (exact) mass is 586 g/mol. The van der Waals surface area contributed by atoms with E-state index in [2.05, 4.69) is 31.5 Å². The fourth-order valence-electron chi connectivity index (χ4n) is 7.82. The molecule has 4 fully saturated rings. The van der Waals surface area contributed by atoms with E-state index in [1.165, 1.54) is 0 Å². The predicted molar refractivity (Wildman–Crippen MR) is 161 cm³/mol. The van der Waals surface area contributed by atoms with E-state index in [9.17, 15) is 10.1 Å². The lowest BCUT2D eigenvalue weighted by Crippen LogP contribution is -2.69. The van der Waals surface area contributed by atoms with E-state index in [0.29, 0.717) is 34.1 Å². The fourth-order valence-corrected chi connectivity index (χ4v) is 7.82. The van der Waals surface area contributed by atoms with Crippen LogP contribution in [0.15, 0.2) is 61.6 Å². The molecule has 44 heavy (non-hydrogen) atoms. The smallest absolute Gasteiger partial charge is 0.253 e. The molecule has 4 bridgehead atoms. The normalized spacial score (nSPS) is 23.6. The molecule has 12 heteroatoms. The Kier molecular flexibility index (Phi) is 5.91. The number of pyridine rings is 2. The Morgan fingerprint density at radius 1 is 1.00 bits per heavy atom. The van der Waals surface area contributed by atoms with Gasteiger partial charge in [-0.05, 0) is 50.2 Å². The minimum atomic E-state index is -0.231. The van der Waals surface area contributed by atoms with Crippen LogP contribution in [0.25, 0.3) is 27.9 Å². The van der Waals surface area contributed by atoms with Crippen molar-refractivity contribution in [3.05, 3.63) is 72.7 Å². The number of anilines is 1. The highest BCUT2D eigenvalue weighted by Crippen LogP contribution is 2.52. The first kappa shape index (κ1) is 26.3. The van der Waals surface area contributed by atoms with Crippen LogP contribution in [-0.4, -0.2) is 65.0 Å². The van der Waals surface area contributed by atoms with Crippen molar-refractivity contribution in [1.29, 1.82) is 5.26 Å². The lowest BCUT2D eigenvalue weighted by Gasteiger charge is -2.62. The van der Waals surface area contributed by atoms with Crippen LogP contribution in [-0.2, 0) is 7.05 Å². The lowest BCUT2D eigenvalue weighted by molar-refractivity contribution is 0.0358. The summed E-state index contributed by atoms with van der Waals surface area (Å²) in [6.45, 7) is 0. The number of fused-ring (bicyclic) bond motifs is 1. The Labute approximate surface area is 253 Å². The molecule has 12 nitrogen and oxygen atoms in total. The predicted octanol–water partition coefficient (Wildman–Crippen LogP) is 3.79. The first-order valence-corrected chi connectivity index (χ1v) is 14.8. The van der Waals surface area contributed by atoms with Crippen LogP contribution in [0.2, 0.25) is 0 Å². The summed E-state index contributed by atoms with van der Waals surface area (Å²) in [5, 5.41) is 21.9. The van der Waals surface area contributed by atoms with Gasteiger partial charge >= 0.3 is 0 Å². The highest BCUT2D eigenvalue weighted by Gasteiger charge is 2.55. The van der Waals surface area contributed by atoms with E-state index in [4.69, 9.17) is 14.7 Å². The highest BCUT2D eigenvalue weighted by molar-refractivity contribution is 5.94. The number of carbonyl (C=O) groups is 1. The Hall–Kier alpha value is -5.31. The number of nitrogens with one attached hydrogen (secondary N) is 1. The van der Waals surface area contributed by atoms with Crippen molar-refractivity contribution in [2.75, 3.05) is 12.0 Å². The van der Waals surface area contributed by atoms with E-state index >= 15 is 0 Å². The van der Waals surface area contributed by atoms with Crippen LogP contribution in [0.3, 0.4) is 0 Å². The van der Waals surface area contributed by atoms with Gasteiger partial charge in [0.25, 0.3) is 5.91 Å². The molecule has 2 saturated heterocycles. The molecule has 7 heterocycles. The first-order chi connectivity index (χ1) is 21.4. The summed E-state index contributed by atoms with van der Waals surface area (Å²) in [5.74, 6) is 1.81. The van der Waals surface area contributed by atoms with Crippen molar-refractivity contribution in [3.63, 3.8) is 0 Å². The number of nitrogens with zero attached hydrogens (tertiary/aromatic N) is 9. The van der Waals surface area contributed by atoms with Crippen LogP contribution in [0, 0.1) is 17.2 Å². The molecule has 5 aromatic heterocycles. The van der Waals surface area contributed by atoms with Crippen molar-refractivity contribution in [1.82, 2.24) is 39.7 Å². The maximum Gasteiger partial charge on any atom is 0.253 e. The summed E-state index contributed by atoms with van der Waals surface area (Å²) in [5.41, 5.74) is 4.80. The third-order valence-corrected chi connectivity index (χ3v) is 9.47. The number of aromatic nitrogens is 7. The topological polar surface area (TPSA) is 139 Å². The number of methoxy groups -OCH3 is 1. The highest BCUT2D eigenvalue weighted by atomic mass is 16.5. The summed E-state index contributed by atoms with van der Waals surface area (Å²) >= 11 is 0. The average molecular weight is 587 g/mol. The molecule has 4 aliphatic rings. The Bertz CT molecular complexity index is 1920. The summed E-state index contributed by atoms with van der Waals surface area (Å²) in [7, 11) is 3.44. The largest absolute Gasteiger partial charge is 0.481 e. The molecule has 1 amide bonds. The zero-order valence-electron chi connectivity index (χ0n) is 24.4. The zero-order valence-corrected chi connectivity index (χ0v) is 24.4. The van der Waals surface area contributed by atoms with E-state index in [1.54, 1.807) is 53.2 Å². The van der Waals surface area contributed by atoms with Crippen LogP contribution < -0.4 is 15.0 Å². The van der Waals surface area contributed by atoms with E-state index in [0.717, 1.165) is 54.6 Å². The number of ether oxygens (including phenoxy) is 1. The zero-order chi connectivity index (χ0) is 30.0. The molecule has 9 rings (SSSR count). The first-order valence-electron chi connectivity index (χ1n) is 14.8. The van der Waals surface area contributed by atoms with Crippen molar-refractivity contribution in [3.8, 4) is 34.3 Å². The van der Waals surface area contributed by atoms with Gasteiger partial charge in [0.1, 0.15) is 11.9 Å².